The molecule has 4 rings (SSSR count). The third kappa shape index (κ3) is 5.59. The molecule has 0 atom stereocenters. The Morgan fingerprint density at radius 3 is 1.67 bits per heavy atom. The van der Waals surface area contributed by atoms with Crippen molar-refractivity contribution in [2.24, 2.45) is 0 Å². The fourth-order valence-electron chi connectivity index (χ4n) is 4.09. The lowest BCUT2D eigenvalue weighted by Crippen LogP contribution is -1.87. The molecular weight excluding hydrogens is 396 g/mol. The third-order valence-electron chi connectivity index (χ3n) is 6.10. The van der Waals surface area contributed by atoms with Gasteiger partial charge in [-0.15, -0.1) is 0 Å². The third-order valence-corrected chi connectivity index (χ3v) is 6.10. The Morgan fingerprint density at radius 1 is 0.606 bits per heavy atom. The van der Waals surface area contributed by atoms with E-state index in [1.807, 2.05) is 0 Å². The van der Waals surface area contributed by atoms with Crippen LogP contribution in [-0.4, -0.2) is 0 Å². The summed E-state index contributed by atoms with van der Waals surface area (Å²) in [7, 11) is 0. The van der Waals surface area contributed by atoms with Crippen molar-refractivity contribution in [2.45, 2.75) is 34.1 Å². The molecule has 0 fully saturated rings. The van der Waals surface area contributed by atoms with E-state index in [-0.39, 0.29) is 0 Å². The zero-order chi connectivity index (χ0) is 23.2. The van der Waals surface area contributed by atoms with Crippen molar-refractivity contribution in [3.05, 3.63) is 131 Å². The van der Waals surface area contributed by atoms with Gasteiger partial charge in [0.2, 0.25) is 0 Å². The molecule has 0 aromatic heterocycles. The minimum absolute atomic E-state index is 1.00. The van der Waals surface area contributed by atoms with Crippen LogP contribution >= 0.6 is 0 Å². The average Bonchev–Trinajstić information content (AvgIpc) is 2.85. The fraction of sp³-hybridized carbons (Fsp3) is 0.152. The fourth-order valence-corrected chi connectivity index (χ4v) is 4.09. The molecule has 0 saturated heterocycles. The predicted molar refractivity (Wildman–Crippen MR) is 145 cm³/mol. The molecule has 0 heteroatoms. The summed E-state index contributed by atoms with van der Waals surface area (Å²) in [5.74, 6) is 0. The topological polar surface area (TPSA) is 0 Å². The van der Waals surface area contributed by atoms with E-state index in [1.54, 1.807) is 0 Å². The second kappa shape index (κ2) is 10.3. The highest BCUT2D eigenvalue weighted by Crippen LogP contribution is 2.28. The van der Waals surface area contributed by atoms with E-state index in [2.05, 4.69) is 137 Å². The molecule has 0 bridgehead atoms. The van der Waals surface area contributed by atoms with Crippen LogP contribution in [-0.2, 0) is 0 Å². The van der Waals surface area contributed by atoms with Gasteiger partial charge < -0.3 is 0 Å². The largest absolute Gasteiger partial charge is 0.0769 e. The smallest absolute Gasteiger partial charge is 0.0178 e. The Balaban J connectivity index is 1.61. The maximum Gasteiger partial charge on any atom is -0.0178 e. The van der Waals surface area contributed by atoms with Crippen molar-refractivity contribution < 1.29 is 0 Å². The van der Waals surface area contributed by atoms with Gasteiger partial charge in [0.15, 0.2) is 0 Å². The molecule has 0 spiro atoms. The second-order valence-corrected chi connectivity index (χ2v) is 8.79. The van der Waals surface area contributed by atoms with Gasteiger partial charge in [-0.25, -0.2) is 0 Å². The molecule has 0 saturated carbocycles. The number of benzene rings is 4. The minimum Gasteiger partial charge on any atom is -0.0769 e. The van der Waals surface area contributed by atoms with Gasteiger partial charge in [-0.1, -0.05) is 121 Å². The standard InChI is InChI=1S/C33H32/c1-5-7-31(33-9-6-8-32(23-33)30-16-12-25(3)13-17-30)22-26(4)27-18-20-29(21-19-27)28-14-10-24(2)11-15-28/h6-23H,5H2,1-4H3/b26-22+,31-7-. The molecule has 0 aliphatic rings. The van der Waals surface area contributed by atoms with Crippen molar-refractivity contribution in [1.29, 1.82) is 0 Å². The molecule has 4 aromatic carbocycles. The Morgan fingerprint density at radius 2 is 1.12 bits per heavy atom. The summed E-state index contributed by atoms with van der Waals surface area (Å²) in [4.78, 5) is 0. The van der Waals surface area contributed by atoms with Gasteiger partial charge in [0.25, 0.3) is 0 Å². The van der Waals surface area contributed by atoms with Gasteiger partial charge in [-0.2, -0.15) is 0 Å². The Bertz CT molecular complexity index is 1270. The van der Waals surface area contributed by atoms with Crippen LogP contribution in [0.4, 0.5) is 0 Å². The Kier molecular flexibility index (Phi) is 7.05. The monoisotopic (exact) mass is 428 g/mol. The van der Waals surface area contributed by atoms with E-state index in [1.165, 1.54) is 55.7 Å². The maximum absolute atomic E-state index is 2.32. The van der Waals surface area contributed by atoms with E-state index in [4.69, 9.17) is 0 Å². The molecular formula is C33H32. The number of hydrogen-bond donors (Lipinski definition) is 0. The van der Waals surface area contributed by atoms with E-state index in [0.29, 0.717) is 0 Å². The predicted octanol–water partition coefficient (Wildman–Crippen LogP) is 9.53. The van der Waals surface area contributed by atoms with Crippen molar-refractivity contribution >= 4 is 11.1 Å². The highest BCUT2D eigenvalue weighted by molar-refractivity contribution is 5.85. The number of allylic oxidation sites excluding steroid dienone is 4. The SMILES string of the molecule is CC/C=C(/C=C(\C)c1ccc(-c2ccc(C)cc2)cc1)c1cccc(-c2ccc(C)cc2)c1. The van der Waals surface area contributed by atoms with Crippen molar-refractivity contribution in [2.75, 3.05) is 0 Å². The molecule has 0 N–H and O–H groups in total. The zero-order valence-electron chi connectivity index (χ0n) is 20.1. The lowest BCUT2D eigenvalue weighted by molar-refractivity contribution is 1.23. The van der Waals surface area contributed by atoms with Crippen molar-refractivity contribution in [3.8, 4) is 22.3 Å². The summed E-state index contributed by atoms with van der Waals surface area (Å²) in [5.41, 5.74) is 12.6. The first-order chi connectivity index (χ1) is 16.0. The summed E-state index contributed by atoms with van der Waals surface area (Å²) in [6.07, 6.45) is 5.64. The number of hydrogen-bond acceptors (Lipinski definition) is 0. The molecule has 33 heavy (non-hydrogen) atoms. The Hall–Kier alpha value is -3.64. The molecule has 0 radical (unpaired) electrons. The van der Waals surface area contributed by atoms with Gasteiger partial charge in [0.05, 0.1) is 0 Å². The summed E-state index contributed by atoms with van der Waals surface area (Å²) in [5, 5.41) is 0. The van der Waals surface area contributed by atoms with Crippen LogP contribution in [0.1, 0.15) is 42.5 Å². The van der Waals surface area contributed by atoms with Crippen LogP contribution in [0.15, 0.2) is 109 Å². The van der Waals surface area contributed by atoms with Crippen LogP contribution in [0.3, 0.4) is 0 Å². The second-order valence-electron chi connectivity index (χ2n) is 8.79. The van der Waals surface area contributed by atoms with Gasteiger partial charge in [-0.05, 0) is 77.8 Å². The van der Waals surface area contributed by atoms with E-state index >= 15 is 0 Å². The molecule has 4 aromatic rings. The maximum atomic E-state index is 2.32. The van der Waals surface area contributed by atoms with Gasteiger partial charge in [0, 0.05) is 0 Å². The Labute approximate surface area is 199 Å². The molecule has 0 aliphatic heterocycles. The molecule has 0 amide bonds. The first kappa shape index (κ1) is 22.6. The van der Waals surface area contributed by atoms with Gasteiger partial charge in [0.1, 0.15) is 0 Å². The summed E-state index contributed by atoms with van der Waals surface area (Å²) in [6.45, 7) is 8.65. The van der Waals surface area contributed by atoms with Crippen LogP contribution in [0.25, 0.3) is 33.4 Å². The van der Waals surface area contributed by atoms with E-state index in [0.717, 1.165) is 6.42 Å². The molecule has 164 valence electrons. The van der Waals surface area contributed by atoms with Crippen molar-refractivity contribution in [1.82, 2.24) is 0 Å². The van der Waals surface area contributed by atoms with E-state index in [9.17, 15) is 0 Å². The van der Waals surface area contributed by atoms with Gasteiger partial charge >= 0.3 is 0 Å². The normalized spacial score (nSPS) is 12.1. The summed E-state index contributed by atoms with van der Waals surface area (Å²) < 4.78 is 0. The first-order valence-corrected chi connectivity index (χ1v) is 11.8. The number of rotatable bonds is 6. The van der Waals surface area contributed by atoms with Crippen LogP contribution in [0.5, 0.6) is 0 Å². The van der Waals surface area contributed by atoms with Crippen molar-refractivity contribution in [3.63, 3.8) is 0 Å². The molecule has 0 unspecified atom stereocenters. The minimum atomic E-state index is 1.00. The lowest BCUT2D eigenvalue weighted by Gasteiger charge is -2.10. The van der Waals surface area contributed by atoms with Crippen LogP contribution in [0, 0.1) is 13.8 Å². The highest BCUT2D eigenvalue weighted by atomic mass is 14.1. The lowest BCUT2D eigenvalue weighted by atomic mass is 9.95. The van der Waals surface area contributed by atoms with E-state index < -0.39 is 0 Å². The number of aryl methyl sites for hydroxylation is 2. The highest BCUT2D eigenvalue weighted by Gasteiger charge is 2.05. The summed E-state index contributed by atoms with van der Waals surface area (Å²) in [6, 6.07) is 35.2. The molecule has 0 aliphatic carbocycles. The van der Waals surface area contributed by atoms with Crippen LogP contribution < -0.4 is 0 Å². The zero-order valence-corrected chi connectivity index (χ0v) is 20.1. The average molecular weight is 429 g/mol. The summed E-state index contributed by atoms with van der Waals surface area (Å²) >= 11 is 0. The van der Waals surface area contributed by atoms with Crippen LogP contribution in [0.2, 0.25) is 0 Å². The molecule has 0 heterocycles. The van der Waals surface area contributed by atoms with Gasteiger partial charge in [-0.3, -0.25) is 0 Å². The molecule has 0 nitrogen and oxygen atoms in total. The first-order valence-electron chi connectivity index (χ1n) is 11.8. The quantitative estimate of drug-likeness (QED) is 0.268.